The van der Waals surface area contributed by atoms with E-state index in [0.717, 1.165) is 5.56 Å². The second-order valence-corrected chi connectivity index (χ2v) is 4.78. The molecule has 5 heteroatoms. The molecule has 2 N–H and O–H groups in total. The number of amides is 2. The highest BCUT2D eigenvalue weighted by Gasteiger charge is 2.10. The van der Waals surface area contributed by atoms with Crippen molar-refractivity contribution in [2.75, 3.05) is 19.0 Å². The van der Waals surface area contributed by atoms with Crippen LogP contribution in [0.1, 0.15) is 22.8 Å². The van der Waals surface area contributed by atoms with Crippen LogP contribution in [0.25, 0.3) is 0 Å². The van der Waals surface area contributed by atoms with Crippen LogP contribution in [0.2, 0.25) is 0 Å². The Labute approximate surface area is 118 Å². The summed E-state index contributed by atoms with van der Waals surface area (Å²) in [6.45, 7) is 4.52. The highest BCUT2D eigenvalue weighted by atomic mass is 35.5. The summed E-state index contributed by atoms with van der Waals surface area (Å²) in [5.74, 6) is -0.157. The molecule has 0 spiro atoms. The molecule has 0 aliphatic carbocycles. The summed E-state index contributed by atoms with van der Waals surface area (Å²) in [5, 5.41) is 5.46. The number of rotatable bonds is 6. The summed E-state index contributed by atoms with van der Waals surface area (Å²) < 4.78 is 0. The van der Waals surface area contributed by atoms with Gasteiger partial charge in [-0.05, 0) is 19.1 Å². The van der Waals surface area contributed by atoms with Crippen LogP contribution in [0.5, 0.6) is 0 Å². The van der Waals surface area contributed by atoms with E-state index in [1.807, 2.05) is 19.1 Å². The van der Waals surface area contributed by atoms with Crippen molar-refractivity contribution < 1.29 is 9.59 Å². The van der Waals surface area contributed by atoms with Crippen LogP contribution in [-0.4, -0.2) is 30.8 Å². The average Bonchev–Trinajstić information content (AvgIpc) is 2.42. The molecule has 1 rings (SSSR count). The van der Waals surface area contributed by atoms with Gasteiger partial charge in [0.2, 0.25) is 5.91 Å². The molecular formula is C14H19ClN2O2. The molecule has 1 aromatic carbocycles. The first-order valence-corrected chi connectivity index (χ1v) is 6.76. The zero-order valence-electron chi connectivity index (χ0n) is 11.2. The standard InChI is InChI=1S/C14H19ClN2O2/c1-10-3-5-12(6-4-10)14(19)17-8-7-16-13(18)11(2)9-15/h3-6,11H,7-9H2,1-2H3,(H,16,18)(H,17,19). The SMILES string of the molecule is Cc1ccc(C(=O)NCCNC(=O)C(C)CCl)cc1. The van der Waals surface area contributed by atoms with Crippen LogP contribution in [0, 0.1) is 12.8 Å². The van der Waals surface area contributed by atoms with E-state index in [4.69, 9.17) is 11.6 Å². The van der Waals surface area contributed by atoms with E-state index in [1.165, 1.54) is 0 Å². The van der Waals surface area contributed by atoms with Crippen LogP contribution in [0.4, 0.5) is 0 Å². The number of benzene rings is 1. The third-order valence-corrected chi connectivity index (χ3v) is 3.17. The first-order chi connectivity index (χ1) is 9.04. The van der Waals surface area contributed by atoms with Gasteiger partial charge in [-0.15, -0.1) is 11.6 Å². The molecule has 1 aromatic rings. The summed E-state index contributed by atoms with van der Waals surface area (Å²) in [6, 6.07) is 7.33. The van der Waals surface area contributed by atoms with E-state index in [9.17, 15) is 9.59 Å². The number of carbonyl (C=O) groups is 2. The van der Waals surface area contributed by atoms with Crippen molar-refractivity contribution in [2.45, 2.75) is 13.8 Å². The number of aryl methyl sites for hydroxylation is 1. The van der Waals surface area contributed by atoms with Gasteiger partial charge in [-0.2, -0.15) is 0 Å². The van der Waals surface area contributed by atoms with Crippen LogP contribution >= 0.6 is 11.6 Å². The van der Waals surface area contributed by atoms with Crippen LogP contribution < -0.4 is 10.6 Å². The lowest BCUT2D eigenvalue weighted by atomic mass is 10.1. The van der Waals surface area contributed by atoms with Crippen molar-refractivity contribution >= 4 is 23.4 Å². The van der Waals surface area contributed by atoms with E-state index >= 15 is 0 Å². The zero-order chi connectivity index (χ0) is 14.3. The largest absolute Gasteiger partial charge is 0.354 e. The molecule has 0 aliphatic rings. The highest BCUT2D eigenvalue weighted by Crippen LogP contribution is 2.02. The van der Waals surface area contributed by atoms with Gasteiger partial charge in [0.15, 0.2) is 0 Å². The van der Waals surface area contributed by atoms with E-state index in [0.29, 0.717) is 24.5 Å². The fourth-order valence-corrected chi connectivity index (χ4v) is 1.55. The van der Waals surface area contributed by atoms with E-state index in [-0.39, 0.29) is 17.7 Å². The summed E-state index contributed by atoms with van der Waals surface area (Å²) in [7, 11) is 0. The number of nitrogens with one attached hydrogen (secondary N) is 2. The molecule has 1 unspecified atom stereocenters. The summed E-state index contributed by atoms with van der Waals surface area (Å²) in [5.41, 5.74) is 1.73. The number of halogens is 1. The number of carbonyl (C=O) groups excluding carboxylic acids is 2. The molecule has 0 saturated heterocycles. The molecule has 4 nitrogen and oxygen atoms in total. The van der Waals surface area contributed by atoms with Crippen LogP contribution in [0.3, 0.4) is 0 Å². The van der Waals surface area contributed by atoms with Crippen LogP contribution in [-0.2, 0) is 4.79 Å². The molecule has 2 amide bonds. The molecule has 0 saturated carbocycles. The lowest BCUT2D eigenvalue weighted by Crippen LogP contribution is -2.37. The van der Waals surface area contributed by atoms with Crippen LogP contribution in [0.15, 0.2) is 24.3 Å². The third kappa shape index (κ3) is 5.30. The minimum absolute atomic E-state index is 0.0976. The Hall–Kier alpha value is -1.55. The fourth-order valence-electron chi connectivity index (χ4n) is 1.41. The first-order valence-electron chi connectivity index (χ1n) is 6.23. The first kappa shape index (κ1) is 15.5. The Morgan fingerprint density at radius 2 is 1.74 bits per heavy atom. The Morgan fingerprint density at radius 3 is 2.32 bits per heavy atom. The van der Waals surface area contributed by atoms with Crippen molar-refractivity contribution in [3.05, 3.63) is 35.4 Å². The molecule has 0 radical (unpaired) electrons. The van der Waals surface area contributed by atoms with Crippen molar-refractivity contribution in [3.8, 4) is 0 Å². The normalized spacial score (nSPS) is 11.7. The van der Waals surface area contributed by atoms with Gasteiger partial charge >= 0.3 is 0 Å². The van der Waals surface area contributed by atoms with Gasteiger partial charge in [0.1, 0.15) is 0 Å². The Bertz CT molecular complexity index is 432. The summed E-state index contributed by atoms with van der Waals surface area (Å²) in [4.78, 5) is 23.2. The van der Waals surface area contributed by atoms with E-state index in [2.05, 4.69) is 10.6 Å². The number of hydrogen-bond acceptors (Lipinski definition) is 2. The van der Waals surface area contributed by atoms with Crippen molar-refractivity contribution in [2.24, 2.45) is 5.92 Å². The van der Waals surface area contributed by atoms with Gasteiger partial charge < -0.3 is 10.6 Å². The molecule has 0 fully saturated rings. The van der Waals surface area contributed by atoms with Gasteiger partial charge in [0.05, 0.1) is 0 Å². The monoisotopic (exact) mass is 282 g/mol. The minimum atomic E-state index is -0.213. The lowest BCUT2D eigenvalue weighted by Gasteiger charge is -2.10. The molecule has 1 atom stereocenters. The molecule has 0 bridgehead atoms. The topological polar surface area (TPSA) is 58.2 Å². The van der Waals surface area contributed by atoms with Crippen molar-refractivity contribution in [1.29, 1.82) is 0 Å². The second-order valence-electron chi connectivity index (χ2n) is 4.47. The molecule has 0 aliphatic heterocycles. The zero-order valence-corrected chi connectivity index (χ0v) is 12.0. The predicted molar refractivity (Wildman–Crippen MR) is 76.4 cm³/mol. The van der Waals surface area contributed by atoms with Gasteiger partial charge in [0.25, 0.3) is 5.91 Å². The van der Waals surface area contributed by atoms with E-state index in [1.54, 1.807) is 19.1 Å². The van der Waals surface area contributed by atoms with Gasteiger partial charge in [0, 0.05) is 30.5 Å². The summed E-state index contributed by atoms with van der Waals surface area (Å²) >= 11 is 5.57. The Balaban J connectivity index is 2.28. The maximum atomic E-state index is 11.7. The minimum Gasteiger partial charge on any atom is -0.354 e. The third-order valence-electron chi connectivity index (χ3n) is 2.70. The quantitative estimate of drug-likeness (QED) is 0.616. The molecule has 104 valence electrons. The smallest absolute Gasteiger partial charge is 0.251 e. The fraction of sp³-hybridized carbons (Fsp3) is 0.429. The maximum Gasteiger partial charge on any atom is 0.251 e. The van der Waals surface area contributed by atoms with Crippen molar-refractivity contribution in [1.82, 2.24) is 10.6 Å². The lowest BCUT2D eigenvalue weighted by molar-refractivity contribution is -0.123. The maximum absolute atomic E-state index is 11.7. The second kappa shape index (κ2) is 7.79. The number of alkyl halides is 1. The molecular weight excluding hydrogens is 264 g/mol. The van der Waals surface area contributed by atoms with Gasteiger partial charge in [-0.25, -0.2) is 0 Å². The molecule has 19 heavy (non-hydrogen) atoms. The molecule has 0 heterocycles. The van der Waals surface area contributed by atoms with Gasteiger partial charge in [-0.1, -0.05) is 24.6 Å². The van der Waals surface area contributed by atoms with E-state index < -0.39 is 0 Å². The number of hydrogen-bond donors (Lipinski definition) is 2. The predicted octanol–water partition coefficient (Wildman–Crippen LogP) is 1.72. The molecule has 0 aromatic heterocycles. The van der Waals surface area contributed by atoms with Crippen molar-refractivity contribution in [3.63, 3.8) is 0 Å². The van der Waals surface area contributed by atoms with Gasteiger partial charge in [-0.3, -0.25) is 9.59 Å². The average molecular weight is 283 g/mol. The Morgan fingerprint density at radius 1 is 1.16 bits per heavy atom. The highest BCUT2D eigenvalue weighted by molar-refractivity contribution is 6.19. The Kier molecular flexibility index (Phi) is 6.36. The summed E-state index contributed by atoms with van der Waals surface area (Å²) in [6.07, 6.45) is 0.